The van der Waals surface area contributed by atoms with Crippen LogP contribution in [-0.4, -0.2) is 35.4 Å². The van der Waals surface area contributed by atoms with Gasteiger partial charge in [-0.3, -0.25) is 0 Å². The molecule has 2 aliphatic rings. The summed E-state index contributed by atoms with van der Waals surface area (Å²) in [5, 5.41) is 0.154. The van der Waals surface area contributed by atoms with Gasteiger partial charge in [0.1, 0.15) is 0 Å². The number of aryl methyl sites for hydroxylation is 1. The van der Waals surface area contributed by atoms with Gasteiger partial charge in [0.25, 0.3) is 10.0 Å². The van der Waals surface area contributed by atoms with Crippen molar-refractivity contribution in [3.05, 3.63) is 47.9 Å². The van der Waals surface area contributed by atoms with Crippen LogP contribution in [0.2, 0.25) is 0 Å². The molecule has 2 aromatic rings. The van der Waals surface area contributed by atoms with Gasteiger partial charge in [-0.15, -0.1) is 0 Å². The van der Waals surface area contributed by atoms with Crippen LogP contribution < -0.4 is 0 Å². The van der Waals surface area contributed by atoms with Crippen molar-refractivity contribution >= 4 is 10.0 Å². The molecule has 1 atom stereocenters. The Morgan fingerprint density at radius 3 is 2.58 bits per heavy atom. The second-order valence-electron chi connectivity index (χ2n) is 7.20. The summed E-state index contributed by atoms with van der Waals surface area (Å²) in [6.45, 7) is 3.44. The highest BCUT2D eigenvalue weighted by atomic mass is 32.2. The van der Waals surface area contributed by atoms with Gasteiger partial charge in [-0.25, -0.2) is 13.4 Å². The zero-order valence-electron chi connectivity index (χ0n) is 14.1. The standard InChI is InChI=1S/C18H23N3O2S/c1-14-11-15-5-3-4-6-16(15)18(14)7-9-21(10-8-18)24(22,23)17-12-20(2)13-19-17/h3-6,12-14H,7-11H2,1-2H3/t14-/m1/s1. The fourth-order valence-electron chi connectivity index (χ4n) is 4.52. The van der Waals surface area contributed by atoms with E-state index in [1.807, 2.05) is 0 Å². The van der Waals surface area contributed by atoms with Crippen LogP contribution in [0.1, 0.15) is 30.9 Å². The van der Waals surface area contributed by atoms with E-state index >= 15 is 0 Å². The first kappa shape index (κ1) is 15.8. The highest BCUT2D eigenvalue weighted by molar-refractivity contribution is 7.89. The van der Waals surface area contributed by atoms with Gasteiger partial charge in [0.2, 0.25) is 0 Å². The Labute approximate surface area is 143 Å². The highest BCUT2D eigenvalue weighted by Gasteiger charge is 2.47. The molecule has 1 saturated heterocycles. The molecule has 6 heteroatoms. The van der Waals surface area contributed by atoms with Crippen LogP contribution in [0.25, 0.3) is 0 Å². The number of imidazole rings is 1. The summed E-state index contributed by atoms with van der Waals surface area (Å²) < 4.78 is 28.8. The van der Waals surface area contributed by atoms with Crippen molar-refractivity contribution in [1.29, 1.82) is 0 Å². The maximum atomic E-state index is 12.8. The number of hydrogen-bond acceptors (Lipinski definition) is 3. The number of benzene rings is 1. The van der Waals surface area contributed by atoms with Crippen molar-refractivity contribution in [3.63, 3.8) is 0 Å². The SMILES string of the molecule is C[C@@H]1Cc2ccccc2C12CCN(S(=O)(=O)c1cn(C)cn1)CC2. The zero-order valence-corrected chi connectivity index (χ0v) is 15.0. The van der Waals surface area contributed by atoms with Crippen molar-refractivity contribution < 1.29 is 8.42 Å². The van der Waals surface area contributed by atoms with Gasteiger partial charge in [-0.1, -0.05) is 31.2 Å². The summed E-state index contributed by atoms with van der Waals surface area (Å²) in [4.78, 5) is 4.04. The lowest BCUT2D eigenvalue weighted by Crippen LogP contribution is -2.46. The fraction of sp³-hybridized carbons (Fsp3) is 0.500. The molecule has 0 bridgehead atoms. The second-order valence-corrected chi connectivity index (χ2v) is 9.08. The van der Waals surface area contributed by atoms with Crippen molar-refractivity contribution in [2.24, 2.45) is 13.0 Å². The predicted molar refractivity (Wildman–Crippen MR) is 92.2 cm³/mol. The molecule has 1 aromatic heterocycles. The lowest BCUT2D eigenvalue weighted by atomic mass is 9.69. The number of aromatic nitrogens is 2. The summed E-state index contributed by atoms with van der Waals surface area (Å²) in [7, 11) is -1.69. The van der Waals surface area contributed by atoms with E-state index in [0.29, 0.717) is 19.0 Å². The minimum absolute atomic E-state index is 0.132. The monoisotopic (exact) mass is 345 g/mol. The average molecular weight is 345 g/mol. The smallest absolute Gasteiger partial charge is 0.262 e. The molecule has 1 aliphatic carbocycles. The Hall–Kier alpha value is -1.66. The molecule has 4 rings (SSSR count). The molecule has 128 valence electrons. The van der Waals surface area contributed by atoms with Crippen molar-refractivity contribution in [2.45, 2.75) is 36.6 Å². The minimum atomic E-state index is -3.48. The second kappa shape index (κ2) is 5.43. The van der Waals surface area contributed by atoms with Crippen LogP contribution in [0.15, 0.2) is 41.8 Å². The van der Waals surface area contributed by atoms with E-state index < -0.39 is 10.0 Å². The number of sulfonamides is 1. The Morgan fingerprint density at radius 1 is 1.21 bits per heavy atom. The number of nitrogens with zero attached hydrogens (tertiary/aromatic N) is 3. The van der Waals surface area contributed by atoms with Crippen LogP contribution in [0.4, 0.5) is 0 Å². The Kier molecular flexibility index (Phi) is 3.58. The third-order valence-electron chi connectivity index (χ3n) is 5.92. The molecule has 0 radical (unpaired) electrons. The quantitative estimate of drug-likeness (QED) is 0.839. The molecule has 0 unspecified atom stereocenters. The van der Waals surface area contributed by atoms with Crippen LogP contribution in [0.5, 0.6) is 0 Å². The van der Waals surface area contributed by atoms with Crippen LogP contribution in [0.3, 0.4) is 0 Å². The third-order valence-corrected chi connectivity index (χ3v) is 7.71. The number of piperidine rings is 1. The van der Waals surface area contributed by atoms with E-state index in [-0.39, 0.29) is 10.4 Å². The van der Waals surface area contributed by atoms with Gasteiger partial charge in [-0.2, -0.15) is 4.31 Å². The van der Waals surface area contributed by atoms with E-state index in [4.69, 9.17) is 0 Å². The summed E-state index contributed by atoms with van der Waals surface area (Å²) in [6, 6.07) is 8.67. The summed E-state index contributed by atoms with van der Waals surface area (Å²) in [6.07, 6.45) is 5.98. The molecule has 0 saturated carbocycles. The van der Waals surface area contributed by atoms with Crippen LogP contribution in [0, 0.1) is 5.92 Å². The molecule has 24 heavy (non-hydrogen) atoms. The lowest BCUT2D eigenvalue weighted by Gasteiger charge is -2.42. The summed E-state index contributed by atoms with van der Waals surface area (Å²) >= 11 is 0. The summed E-state index contributed by atoms with van der Waals surface area (Å²) in [5.41, 5.74) is 3.01. The number of rotatable bonds is 2. The van der Waals surface area contributed by atoms with Crippen molar-refractivity contribution in [2.75, 3.05) is 13.1 Å². The number of hydrogen-bond donors (Lipinski definition) is 0. The van der Waals surface area contributed by atoms with Crippen molar-refractivity contribution in [3.8, 4) is 0 Å². The zero-order chi connectivity index (χ0) is 16.9. The van der Waals surface area contributed by atoms with Crippen LogP contribution >= 0.6 is 0 Å². The maximum Gasteiger partial charge on any atom is 0.262 e. The topological polar surface area (TPSA) is 55.2 Å². The normalized spacial score (nSPS) is 23.5. The van der Waals surface area contributed by atoms with E-state index in [0.717, 1.165) is 19.3 Å². The molecule has 1 aliphatic heterocycles. The molecule has 1 spiro atoms. The molecule has 2 heterocycles. The van der Waals surface area contributed by atoms with Crippen molar-refractivity contribution in [1.82, 2.24) is 13.9 Å². The van der Waals surface area contributed by atoms with Gasteiger partial charge >= 0.3 is 0 Å². The minimum Gasteiger partial charge on any atom is -0.339 e. The largest absolute Gasteiger partial charge is 0.339 e. The molecule has 1 aromatic carbocycles. The molecular weight excluding hydrogens is 322 g/mol. The molecule has 1 fully saturated rings. The lowest BCUT2D eigenvalue weighted by molar-refractivity contribution is 0.184. The molecular formula is C18H23N3O2S. The predicted octanol–water partition coefficient (Wildman–Crippen LogP) is 2.33. The highest BCUT2D eigenvalue weighted by Crippen LogP contribution is 2.50. The Morgan fingerprint density at radius 2 is 1.92 bits per heavy atom. The fourth-order valence-corrected chi connectivity index (χ4v) is 5.92. The first-order valence-corrected chi connectivity index (χ1v) is 9.94. The molecule has 0 amide bonds. The van der Waals surface area contributed by atoms with Gasteiger partial charge in [0.05, 0.1) is 6.33 Å². The summed E-state index contributed by atoms with van der Waals surface area (Å²) in [5.74, 6) is 0.564. The van der Waals surface area contributed by atoms with E-state index in [2.05, 4.69) is 36.2 Å². The van der Waals surface area contributed by atoms with Gasteiger partial charge in [0.15, 0.2) is 5.03 Å². The average Bonchev–Trinajstić information content (AvgIpc) is 3.12. The Bertz CT molecular complexity index is 864. The first-order chi connectivity index (χ1) is 11.4. The maximum absolute atomic E-state index is 12.8. The van der Waals surface area contributed by atoms with Gasteiger partial charge < -0.3 is 4.57 Å². The van der Waals surface area contributed by atoms with Gasteiger partial charge in [0, 0.05) is 31.7 Å². The molecule has 5 nitrogen and oxygen atoms in total. The Balaban J connectivity index is 1.60. The van der Waals surface area contributed by atoms with E-state index in [1.54, 1.807) is 22.1 Å². The number of fused-ring (bicyclic) bond motifs is 2. The molecule has 0 N–H and O–H groups in total. The van der Waals surface area contributed by atoms with Gasteiger partial charge in [-0.05, 0) is 36.3 Å². The van der Waals surface area contributed by atoms with E-state index in [9.17, 15) is 8.42 Å². The van der Waals surface area contributed by atoms with Crippen LogP contribution in [-0.2, 0) is 28.9 Å². The third kappa shape index (κ3) is 2.24. The van der Waals surface area contributed by atoms with E-state index in [1.165, 1.54) is 17.5 Å². The first-order valence-electron chi connectivity index (χ1n) is 8.50.